The van der Waals surface area contributed by atoms with E-state index >= 15 is 0 Å². The lowest BCUT2D eigenvalue weighted by molar-refractivity contribution is -0.264. The Kier molecular flexibility index (Phi) is 4.47. The van der Waals surface area contributed by atoms with Crippen molar-refractivity contribution in [3.8, 4) is 0 Å². The third-order valence-corrected chi connectivity index (χ3v) is 7.62. The molecule has 6 heteroatoms. The summed E-state index contributed by atoms with van der Waals surface area (Å²) in [7, 11) is 0. The number of carboxylic acids is 2. The van der Waals surface area contributed by atoms with Gasteiger partial charge < -0.3 is 19.7 Å². The fourth-order valence-electron chi connectivity index (χ4n) is 6.18. The van der Waals surface area contributed by atoms with Crippen molar-refractivity contribution in [3.05, 3.63) is 0 Å². The SMILES string of the molecule is CC(C)(C(=O)O)[C@H]1CC[C@]2(C)O[C@@](C)([C@@H]3CO3)CC[C@H]2[C@]1(C)CC(=O)O. The Balaban J connectivity index is 1.98. The van der Waals surface area contributed by atoms with E-state index in [9.17, 15) is 19.8 Å². The molecule has 0 aromatic heterocycles. The standard InChI is InChI=1S/C20H32O6/c1-17(2,16(23)24)12-6-8-19(4)13(18(12,3)10-15(21)22)7-9-20(5,26-19)14-11-25-14/h12-14H,6-11H2,1-5H3,(H,21,22)(H,23,24)/t12-,13+,14+,18-,19+,20-/m1/s1. The Morgan fingerprint density at radius 1 is 1.08 bits per heavy atom. The highest BCUT2D eigenvalue weighted by molar-refractivity contribution is 5.75. The highest BCUT2D eigenvalue weighted by Crippen LogP contribution is 2.63. The van der Waals surface area contributed by atoms with Gasteiger partial charge in [0.15, 0.2) is 0 Å². The first-order valence-corrected chi connectivity index (χ1v) is 9.62. The second-order valence-corrected chi connectivity index (χ2v) is 9.84. The number of carboxylic acid groups (broad SMARTS) is 2. The molecule has 1 saturated carbocycles. The number of rotatable bonds is 5. The molecule has 0 unspecified atom stereocenters. The van der Waals surface area contributed by atoms with Crippen molar-refractivity contribution in [2.75, 3.05) is 6.61 Å². The Labute approximate surface area is 155 Å². The Morgan fingerprint density at radius 3 is 2.15 bits per heavy atom. The number of epoxide rings is 1. The fourth-order valence-corrected chi connectivity index (χ4v) is 6.18. The first-order valence-electron chi connectivity index (χ1n) is 9.62. The predicted octanol–water partition coefficient (Wildman–Crippen LogP) is 3.33. The molecule has 148 valence electrons. The van der Waals surface area contributed by atoms with Gasteiger partial charge in [-0.15, -0.1) is 0 Å². The van der Waals surface area contributed by atoms with Gasteiger partial charge in [-0.05, 0) is 70.6 Å². The van der Waals surface area contributed by atoms with Gasteiger partial charge in [-0.3, -0.25) is 9.59 Å². The molecule has 0 aromatic rings. The molecule has 3 rings (SSSR count). The number of fused-ring (bicyclic) bond motifs is 1. The summed E-state index contributed by atoms with van der Waals surface area (Å²) in [6, 6.07) is 0. The van der Waals surface area contributed by atoms with Crippen LogP contribution >= 0.6 is 0 Å². The van der Waals surface area contributed by atoms with Crippen LogP contribution in [-0.4, -0.2) is 46.1 Å². The van der Waals surface area contributed by atoms with Crippen LogP contribution < -0.4 is 0 Å². The maximum absolute atomic E-state index is 11.9. The summed E-state index contributed by atoms with van der Waals surface area (Å²) in [6.07, 6.45) is 3.14. The molecule has 0 amide bonds. The summed E-state index contributed by atoms with van der Waals surface area (Å²) in [4.78, 5) is 23.7. The van der Waals surface area contributed by atoms with Gasteiger partial charge in [0.2, 0.25) is 0 Å². The van der Waals surface area contributed by atoms with Gasteiger partial charge in [0, 0.05) is 0 Å². The van der Waals surface area contributed by atoms with Gasteiger partial charge in [-0.2, -0.15) is 0 Å². The molecule has 2 heterocycles. The van der Waals surface area contributed by atoms with Gasteiger partial charge in [0.25, 0.3) is 0 Å². The van der Waals surface area contributed by atoms with Crippen LogP contribution in [0.15, 0.2) is 0 Å². The second kappa shape index (κ2) is 5.93. The van der Waals surface area contributed by atoms with Crippen LogP contribution in [0.5, 0.6) is 0 Å². The third-order valence-electron chi connectivity index (χ3n) is 7.62. The molecule has 2 aliphatic heterocycles. The van der Waals surface area contributed by atoms with Crippen LogP contribution in [0.3, 0.4) is 0 Å². The first kappa shape index (κ1) is 19.6. The van der Waals surface area contributed by atoms with Crippen molar-refractivity contribution < 1.29 is 29.3 Å². The zero-order valence-corrected chi connectivity index (χ0v) is 16.5. The summed E-state index contributed by atoms with van der Waals surface area (Å²) in [5.74, 6) is -1.94. The van der Waals surface area contributed by atoms with E-state index in [1.165, 1.54) is 0 Å². The van der Waals surface area contributed by atoms with E-state index in [0.717, 1.165) is 25.9 Å². The van der Waals surface area contributed by atoms with Crippen LogP contribution in [0.1, 0.15) is 66.7 Å². The summed E-state index contributed by atoms with van der Waals surface area (Å²) in [5, 5.41) is 19.4. The van der Waals surface area contributed by atoms with Crippen molar-refractivity contribution in [1.29, 1.82) is 0 Å². The Morgan fingerprint density at radius 2 is 1.65 bits per heavy atom. The lowest BCUT2D eigenvalue weighted by atomic mass is 9.47. The van der Waals surface area contributed by atoms with Crippen molar-refractivity contribution in [2.24, 2.45) is 22.7 Å². The van der Waals surface area contributed by atoms with Crippen LogP contribution in [0.4, 0.5) is 0 Å². The number of ether oxygens (including phenoxy) is 2. The molecule has 0 spiro atoms. The molecular weight excluding hydrogens is 336 g/mol. The molecule has 6 atom stereocenters. The van der Waals surface area contributed by atoms with E-state index in [0.29, 0.717) is 6.42 Å². The molecule has 3 fully saturated rings. The summed E-state index contributed by atoms with van der Waals surface area (Å²) >= 11 is 0. The summed E-state index contributed by atoms with van der Waals surface area (Å²) in [6.45, 7) is 10.3. The molecule has 0 radical (unpaired) electrons. The van der Waals surface area contributed by atoms with E-state index in [1.807, 2.05) is 6.92 Å². The van der Waals surface area contributed by atoms with Gasteiger partial charge in [0.05, 0.1) is 29.6 Å². The van der Waals surface area contributed by atoms with E-state index in [-0.39, 0.29) is 30.0 Å². The average Bonchev–Trinajstić information content (AvgIpc) is 3.29. The van der Waals surface area contributed by atoms with E-state index < -0.39 is 28.4 Å². The monoisotopic (exact) mass is 368 g/mol. The first-order chi connectivity index (χ1) is 11.9. The average molecular weight is 368 g/mol. The van der Waals surface area contributed by atoms with Crippen molar-refractivity contribution in [2.45, 2.75) is 84.0 Å². The molecule has 2 N–H and O–H groups in total. The van der Waals surface area contributed by atoms with E-state index in [4.69, 9.17) is 9.47 Å². The number of hydrogen-bond acceptors (Lipinski definition) is 4. The predicted molar refractivity (Wildman–Crippen MR) is 94.9 cm³/mol. The molecule has 3 aliphatic rings. The van der Waals surface area contributed by atoms with Gasteiger partial charge in [0.1, 0.15) is 6.10 Å². The minimum atomic E-state index is -0.980. The van der Waals surface area contributed by atoms with Crippen LogP contribution in [0.2, 0.25) is 0 Å². The summed E-state index contributed by atoms with van der Waals surface area (Å²) in [5.41, 5.74) is -2.39. The lowest BCUT2D eigenvalue weighted by Gasteiger charge is -2.62. The Hall–Kier alpha value is -1.14. The molecule has 2 saturated heterocycles. The molecule has 0 bridgehead atoms. The van der Waals surface area contributed by atoms with Crippen molar-refractivity contribution in [3.63, 3.8) is 0 Å². The van der Waals surface area contributed by atoms with Crippen LogP contribution in [0, 0.1) is 22.7 Å². The van der Waals surface area contributed by atoms with Crippen LogP contribution in [0.25, 0.3) is 0 Å². The zero-order chi connectivity index (χ0) is 19.5. The number of carbonyl (C=O) groups is 2. The number of hydrogen-bond donors (Lipinski definition) is 2. The zero-order valence-electron chi connectivity index (χ0n) is 16.5. The van der Waals surface area contributed by atoms with Crippen molar-refractivity contribution >= 4 is 11.9 Å². The summed E-state index contributed by atoms with van der Waals surface area (Å²) < 4.78 is 12.1. The normalized spacial score (nSPS) is 45.7. The number of aliphatic carboxylic acids is 2. The smallest absolute Gasteiger partial charge is 0.309 e. The van der Waals surface area contributed by atoms with Crippen molar-refractivity contribution in [1.82, 2.24) is 0 Å². The quantitative estimate of drug-likeness (QED) is 0.723. The fraction of sp³-hybridized carbons (Fsp3) is 0.900. The van der Waals surface area contributed by atoms with Gasteiger partial charge in [-0.25, -0.2) is 0 Å². The topological polar surface area (TPSA) is 96.4 Å². The second-order valence-electron chi connectivity index (χ2n) is 9.84. The third kappa shape index (κ3) is 2.95. The molecule has 6 nitrogen and oxygen atoms in total. The highest BCUT2D eigenvalue weighted by atomic mass is 16.6. The maximum Gasteiger partial charge on any atom is 0.309 e. The largest absolute Gasteiger partial charge is 0.481 e. The Bertz CT molecular complexity index is 611. The van der Waals surface area contributed by atoms with E-state index in [1.54, 1.807) is 13.8 Å². The van der Waals surface area contributed by atoms with E-state index in [2.05, 4.69) is 13.8 Å². The minimum absolute atomic E-state index is 0.00954. The van der Waals surface area contributed by atoms with Crippen LogP contribution in [-0.2, 0) is 19.1 Å². The highest BCUT2D eigenvalue weighted by Gasteiger charge is 2.64. The molecule has 1 aliphatic carbocycles. The maximum atomic E-state index is 11.9. The lowest BCUT2D eigenvalue weighted by Crippen LogP contribution is -2.63. The molecule has 26 heavy (non-hydrogen) atoms. The minimum Gasteiger partial charge on any atom is -0.481 e. The molecular formula is C20H32O6. The molecule has 0 aromatic carbocycles. The van der Waals surface area contributed by atoms with Gasteiger partial charge in [-0.1, -0.05) is 6.92 Å². The van der Waals surface area contributed by atoms with Gasteiger partial charge >= 0.3 is 11.9 Å².